The molecule has 3 N–H and O–H groups in total. The van der Waals surface area contributed by atoms with Crippen LogP contribution in [0.3, 0.4) is 0 Å². The average Bonchev–Trinajstić information content (AvgIpc) is 2.58. The predicted molar refractivity (Wildman–Crippen MR) is 84.3 cm³/mol. The molecule has 0 atom stereocenters. The van der Waals surface area contributed by atoms with E-state index in [9.17, 15) is 9.18 Å². The molecule has 0 aromatic heterocycles. The summed E-state index contributed by atoms with van der Waals surface area (Å²) in [5.41, 5.74) is 1.82. The van der Waals surface area contributed by atoms with Crippen molar-refractivity contribution in [2.75, 3.05) is 18.5 Å². The van der Waals surface area contributed by atoms with Gasteiger partial charge in [-0.05, 0) is 30.3 Å². The smallest absolute Gasteiger partial charge is 0.251 e. The zero-order valence-corrected chi connectivity index (χ0v) is 12.3. The summed E-state index contributed by atoms with van der Waals surface area (Å²) >= 11 is 0. The summed E-state index contributed by atoms with van der Waals surface area (Å²) in [5.74, 6) is -0.736. The van der Waals surface area contributed by atoms with Crippen LogP contribution < -0.4 is 10.6 Å². The van der Waals surface area contributed by atoms with Crippen molar-refractivity contribution < 1.29 is 14.3 Å². The molecule has 23 heavy (non-hydrogen) atoms. The van der Waals surface area contributed by atoms with Crippen LogP contribution in [-0.4, -0.2) is 24.2 Å². The number of rotatable bonds is 6. The zero-order valence-electron chi connectivity index (χ0n) is 12.3. The fraction of sp³-hybridized carbons (Fsp3) is 0.176. The molecule has 2 aromatic carbocycles. The predicted octanol–water partition coefficient (Wildman–Crippen LogP) is 2.03. The van der Waals surface area contributed by atoms with E-state index in [4.69, 9.17) is 10.4 Å². The van der Waals surface area contributed by atoms with Gasteiger partial charge in [-0.15, -0.1) is 0 Å². The first kappa shape index (κ1) is 16.5. The van der Waals surface area contributed by atoms with Gasteiger partial charge in [0.15, 0.2) is 0 Å². The Kier molecular flexibility index (Phi) is 5.67. The summed E-state index contributed by atoms with van der Waals surface area (Å²) in [6.07, 6.45) is 0. The number of aliphatic hydroxyl groups excluding tert-OH is 1. The van der Waals surface area contributed by atoms with Crippen LogP contribution in [0.5, 0.6) is 0 Å². The first-order valence-electron chi connectivity index (χ1n) is 7.05. The van der Waals surface area contributed by atoms with E-state index >= 15 is 0 Å². The van der Waals surface area contributed by atoms with Crippen LogP contribution in [0, 0.1) is 17.1 Å². The van der Waals surface area contributed by atoms with Gasteiger partial charge in [0, 0.05) is 29.9 Å². The minimum atomic E-state index is -0.451. The standard InChI is InChI=1S/C17H16FN3O2/c18-16-8-12(10-19)4-5-14(16)11-21-15-3-1-2-13(9-15)17(23)20-6-7-22/h1-5,8-9,21-22H,6-7,11H2,(H,20,23). The van der Waals surface area contributed by atoms with Crippen LogP contribution in [0.2, 0.25) is 0 Å². The molecule has 118 valence electrons. The quantitative estimate of drug-likeness (QED) is 0.762. The van der Waals surface area contributed by atoms with Crippen molar-refractivity contribution >= 4 is 11.6 Å². The fourth-order valence-corrected chi connectivity index (χ4v) is 2.00. The highest BCUT2D eigenvalue weighted by Gasteiger charge is 2.07. The number of nitrogens with zero attached hydrogens (tertiary/aromatic N) is 1. The molecule has 0 aliphatic rings. The number of nitriles is 1. The summed E-state index contributed by atoms with van der Waals surface area (Å²) in [6.45, 7) is 0.299. The number of halogens is 1. The number of carbonyl (C=O) groups is 1. The Balaban J connectivity index is 2.04. The lowest BCUT2D eigenvalue weighted by Gasteiger charge is -2.09. The zero-order chi connectivity index (χ0) is 16.7. The number of hydrogen-bond acceptors (Lipinski definition) is 4. The van der Waals surface area contributed by atoms with Gasteiger partial charge in [0.05, 0.1) is 18.2 Å². The Morgan fingerprint density at radius 2 is 2.09 bits per heavy atom. The fourth-order valence-electron chi connectivity index (χ4n) is 2.00. The number of anilines is 1. The van der Waals surface area contributed by atoms with Gasteiger partial charge in [-0.1, -0.05) is 12.1 Å². The molecule has 0 spiro atoms. The highest BCUT2D eigenvalue weighted by molar-refractivity contribution is 5.95. The number of nitrogens with one attached hydrogen (secondary N) is 2. The van der Waals surface area contributed by atoms with Crippen LogP contribution in [0.4, 0.5) is 10.1 Å². The van der Waals surface area contributed by atoms with Crippen molar-refractivity contribution in [2.24, 2.45) is 0 Å². The lowest BCUT2D eigenvalue weighted by Crippen LogP contribution is -2.26. The Hall–Kier alpha value is -2.91. The Bertz CT molecular complexity index is 741. The largest absolute Gasteiger partial charge is 0.395 e. The maximum Gasteiger partial charge on any atom is 0.251 e. The second-order valence-corrected chi connectivity index (χ2v) is 4.83. The van der Waals surface area contributed by atoms with Gasteiger partial charge in [0.25, 0.3) is 5.91 Å². The maximum absolute atomic E-state index is 13.8. The second-order valence-electron chi connectivity index (χ2n) is 4.83. The number of aliphatic hydroxyl groups is 1. The van der Waals surface area contributed by atoms with E-state index in [2.05, 4.69) is 10.6 Å². The average molecular weight is 313 g/mol. The van der Waals surface area contributed by atoms with Crippen molar-refractivity contribution in [1.82, 2.24) is 5.32 Å². The maximum atomic E-state index is 13.8. The van der Waals surface area contributed by atoms with Gasteiger partial charge in [0.1, 0.15) is 5.82 Å². The van der Waals surface area contributed by atoms with Crippen molar-refractivity contribution in [2.45, 2.75) is 6.54 Å². The van der Waals surface area contributed by atoms with E-state index in [1.165, 1.54) is 6.07 Å². The third-order valence-electron chi connectivity index (χ3n) is 3.19. The minimum Gasteiger partial charge on any atom is -0.395 e. The molecule has 0 aliphatic carbocycles. The molecule has 1 amide bonds. The van der Waals surface area contributed by atoms with E-state index in [-0.39, 0.29) is 31.2 Å². The highest BCUT2D eigenvalue weighted by atomic mass is 19.1. The van der Waals surface area contributed by atoms with Crippen LogP contribution in [0.15, 0.2) is 42.5 Å². The van der Waals surface area contributed by atoms with Gasteiger partial charge in [-0.3, -0.25) is 4.79 Å². The van der Waals surface area contributed by atoms with Crippen molar-refractivity contribution in [3.63, 3.8) is 0 Å². The van der Waals surface area contributed by atoms with E-state index in [0.29, 0.717) is 16.8 Å². The molecule has 0 saturated heterocycles. The van der Waals surface area contributed by atoms with Gasteiger partial charge in [-0.25, -0.2) is 4.39 Å². The van der Waals surface area contributed by atoms with E-state index in [1.807, 2.05) is 6.07 Å². The first-order valence-corrected chi connectivity index (χ1v) is 7.05. The lowest BCUT2D eigenvalue weighted by atomic mass is 10.1. The van der Waals surface area contributed by atoms with Gasteiger partial charge >= 0.3 is 0 Å². The third kappa shape index (κ3) is 4.53. The molecule has 0 heterocycles. The van der Waals surface area contributed by atoms with Gasteiger partial charge in [0.2, 0.25) is 0 Å². The molecular weight excluding hydrogens is 297 g/mol. The van der Waals surface area contributed by atoms with Gasteiger partial charge in [-0.2, -0.15) is 5.26 Å². The Morgan fingerprint density at radius 3 is 2.78 bits per heavy atom. The molecule has 2 aromatic rings. The molecule has 0 bridgehead atoms. The van der Waals surface area contributed by atoms with Gasteiger partial charge < -0.3 is 15.7 Å². The monoisotopic (exact) mass is 313 g/mol. The first-order chi connectivity index (χ1) is 11.1. The Labute approximate surface area is 133 Å². The topological polar surface area (TPSA) is 85.2 Å². The summed E-state index contributed by atoms with van der Waals surface area (Å²) in [6, 6.07) is 13.0. The van der Waals surface area contributed by atoms with E-state index in [0.717, 1.165) is 0 Å². The van der Waals surface area contributed by atoms with Crippen LogP contribution >= 0.6 is 0 Å². The second kappa shape index (κ2) is 7.92. The molecule has 2 rings (SSSR count). The molecule has 6 heteroatoms. The van der Waals surface area contributed by atoms with E-state index < -0.39 is 5.82 Å². The van der Waals surface area contributed by atoms with Crippen molar-refractivity contribution in [1.29, 1.82) is 5.26 Å². The molecule has 0 radical (unpaired) electrons. The summed E-state index contributed by atoms with van der Waals surface area (Å²) in [4.78, 5) is 11.8. The lowest BCUT2D eigenvalue weighted by molar-refractivity contribution is 0.0945. The molecule has 5 nitrogen and oxygen atoms in total. The van der Waals surface area contributed by atoms with Crippen LogP contribution in [0.1, 0.15) is 21.5 Å². The molecule has 0 saturated carbocycles. The van der Waals surface area contributed by atoms with Crippen LogP contribution in [-0.2, 0) is 6.54 Å². The minimum absolute atomic E-state index is 0.123. The number of amides is 1. The number of carbonyl (C=O) groups excluding carboxylic acids is 1. The molecule has 0 unspecified atom stereocenters. The van der Waals surface area contributed by atoms with Crippen molar-refractivity contribution in [3.05, 3.63) is 65.0 Å². The Morgan fingerprint density at radius 1 is 1.26 bits per heavy atom. The highest BCUT2D eigenvalue weighted by Crippen LogP contribution is 2.15. The normalized spacial score (nSPS) is 9.96. The molecule has 0 aliphatic heterocycles. The van der Waals surface area contributed by atoms with E-state index in [1.54, 1.807) is 36.4 Å². The summed E-state index contributed by atoms with van der Waals surface area (Å²) in [5, 5.41) is 23.0. The molecular formula is C17H16FN3O2. The van der Waals surface area contributed by atoms with Crippen molar-refractivity contribution in [3.8, 4) is 6.07 Å². The summed E-state index contributed by atoms with van der Waals surface area (Å²) < 4.78 is 13.8. The SMILES string of the molecule is N#Cc1ccc(CNc2cccc(C(=O)NCCO)c2)c(F)c1. The number of hydrogen-bond donors (Lipinski definition) is 3. The van der Waals surface area contributed by atoms with Crippen LogP contribution in [0.25, 0.3) is 0 Å². The third-order valence-corrected chi connectivity index (χ3v) is 3.19. The summed E-state index contributed by atoms with van der Waals surface area (Å²) in [7, 11) is 0. The molecule has 0 fully saturated rings. The number of benzene rings is 2.